The lowest BCUT2D eigenvalue weighted by atomic mass is 10.1. The fraction of sp³-hybridized carbons (Fsp3) is 0.643. The van der Waals surface area contributed by atoms with Gasteiger partial charge in [0.2, 0.25) is 0 Å². The van der Waals surface area contributed by atoms with Crippen LogP contribution in [0.2, 0.25) is 0 Å². The molecule has 118 valence electrons. The molecule has 1 heterocycles. The van der Waals surface area contributed by atoms with Crippen LogP contribution in [0.5, 0.6) is 0 Å². The van der Waals surface area contributed by atoms with E-state index in [0.717, 1.165) is 42.9 Å². The summed E-state index contributed by atoms with van der Waals surface area (Å²) in [4.78, 5) is 12.0. The van der Waals surface area contributed by atoms with Crippen molar-refractivity contribution in [1.29, 1.82) is 0 Å². The van der Waals surface area contributed by atoms with Crippen molar-refractivity contribution in [2.24, 2.45) is 11.8 Å². The highest BCUT2D eigenvalue weighted by molar-refractivity contribution is 7.91. The molecule has 2 unspecified atom stereocenters. The number of rotatable bonds is 5. The minimum atomic E-state index is -3.46. The van der Waals surface area contributed by atoms with Crippen LogP contribution >= 0.6 is 11.3 Å². The summed E-state index contributed by atoms with van der Waals surface area (Å²) in [6.07, 6.45) is 4.65. The molecule has 21 heavy (non-hydrogen) atoms. The van der Waals surface area contributed by atoms with Gasteiger partial charge in [0.05, 0.1) is 10.6 Å². The Bertz CT molecular complexity index is 649. The summed E-state index contributed by atoms with van der Waals surface area (Å²) in [7, 11) is -3.46. The van der Waals surface area contributed by atoms with Crippen LogP contribution in [-0.4, -0.2) is 27.0 Å². The predicted molar refractivity (Wildman–Crippen MR) is 86.8 cm³/mol. The molecular formula is C14H22N2O3S2. The summed E-state index contributed by atoms with van der Waals surface area (Å²) in [6.45, 7) is 4.36. The fourth-order valence-corrected chi connectivity index (χ4v) is 5.39. The Morgan fingerprint density at radius 1 is 1.43 bits per heavy atom. The molecule has 0 amide bonds. The lowest BCUT2D eigenvalue weighted by Crippen LogP contribution is -2.13. The van der Waals surface area contributed by atoms with Crippen LogP contribution in [0.25, 0.3) is 0 Å². The van der Waals surface area contributed by atoms with Crippen molar-refractivity contribution in [3.05, 3.63) is 4.88 Å². The summed E-state index contributed by atoms with van der Waals surface area (Å²) in [5.41, 5.74) is 5.95. The van der Waals surface area contributed by atoms with Crippen LogP contribution in [0.15, 0.2) is 4.90 Å². The van der Waals surface area contributed by atoms with Crippen LogP contribution in [0.1, 0.15) is 42.8 Å². The van der Waals surface area contributed by atoms with E-state index in [0.29, 0.717) is 15.8 Å². The minimum absolute atomic E-state index is 0.0729. The lowest BCUT2D eigenvalue weighted by Gasteiger charge is -2.12. The second kappa shape index (κ2) is 5.96. The molecule has 1 saturated carbocycles. The third-order valence-corrected chi connectivity index (χ3v) is 6.50. The summed E-state index contributed by atoms with van der Waals surface area (Å²) in [6, 6.07) is 0. The van der Waals surface area contributed by atoms with Crippen LogP contribution in [0.4, 0.5) is 10.7 Å². The standard InChI is InChI=1S/C14H22N2O3S2/c1-8-4-5-10(6-8)7-16-14-13(21(3,18)19)11(15)12(20-14)9(2)17/h8,10,16H,4-7,15H2,1-3H3. The Kier molecular flexibility index (Phi) is 4.63. The van der Waals surface area contributed by atoms with Gasteiger partial charge in [0.25, 0.3) is 0 Å². The first-order chi connectivity index (χ1) is 9.70. The van der Waals surface area contributed by atoms with Gasteiger partial charge in [0.15, 0.2) is 15.6 Å². The van der Waals surface area contributed by atoms with Gasteiger partial charge in [0.1, 0.15) is 9.90 Å². The Labute approximate surface area is 129 Å². The first-order valence-corrected chi connectivity index (χ1v) is 9.78. The summed E-state index contributed by atoms with van der Waals surface area (Å²) >= 11 is 1.14. The second-order valence-electron chi connectivity index (χ2n) is 6.00. The average molecular weight is 330 g/mol. The van der Waals surface area contributed by atoms with E-state index in [1.165, 1.54) is 13.3 Å². The molecule has 1 aliphatic rings. The number of thiophene rings is 1. The van der Waals surface area contributed by atoms with Gasteiger partial charge in [-0.1, -0.05) is 13.3 Å². The zero-order valence-corrected chi connectivity index (χ0v) is 14.2. The number of hydrogen-bond acceptors (Lipinski definition) is 6. The van der Waals surface area contributed by atoms with Gasteiger partial charge in [-0.05, 0) is 24.7 Å². The molecule has 2 atom stereocenters. The maximum atomic E-state index is 11.9. The zero-order valence-electron chi connectivity index (χ0n) is 12.6. The van der Waals surface area contributed by atoms with Gasteiger partial charge in [-0.25, -0.2) is 8.42 Å². The van der Waals surface area contributed by atoms with Crippen molar-refractivity contribution in [2.75, 3.05) is 23.9 Å². The lowest BCUT2D eigenvalue weighted by molar-refractivity contribution is 0.102. The molecule has 7 heteroatoms. The second-order valence-corrected chi connectivity index (χ2v) is 8.97. The summed E-state index contributed by atoms with van der Waals surface area (Å²) in [5, 5.41) is 3.71. The number of nitrogens with two attached hydrogens (primary N) is 1. The molecule has 0 spiro atoms. The molecule has 0 radical (unpaired) electrons. The van der Waals surface area contributed by atoms with Gasteiger partial charge in [-0.2, -0.15) is 0 Å². The van der Waals surface area contributed by atoms with Crippen molar-refractivity contribution >= 4 is 37.6 Å². The Hall–Kier alpha value is -1.08. The number of carbonyl (C=O) groups excluding carboxylic acids is 1. The highest BCUT2D eigenvalue weighted by Crippen LogP contribution is 2.40. The number of Topliss-reactive ketones (excluding diaryl/α,β-unsaturated/α-hetero) is 1. The molecule has 5 nitrogen and oxygen atoms in total. The quantitative estimate of drug-likeness (QED) is 0.810. The third-order valence-electron chi connectivity index (χ3n) is 3.94. The van der Waals surface area contributed by atoms with Gasteiger partial charge in [-0.3, -0.25) is 4.79 Å². The van der Waals surface area contributed by atoms with Crippen molar-refractivity contribution in [2.45, 2.75) is 38.0 Å². The first-order valence-electron chi connectivity index (χ1n) is 7.07. The monoisotopic (exact) mass is 330 g/mol. The van der Waals surface area contributed by atoms with Crippen molar-refractivity contribution in [1.82, 2.24) is 0 Å². The maximum Gasteiger partial charge on any atom is 0.180 e. The molecule has 0 bridgehead atoms. The molecule has 3 N–H and O–H groups in total. The SMILES string of the molecule is CC(=O)c1sc(NCC2CCC(C)C2)c(S(C)(=O)=O)c1N. The Morgan fingerprint density at radius 2 is 2.10 bits per heavy atom. The summed E-state index contributed by atoms with van der Waals surface area (Å²) in [5.74, 6) is 1.08. The largest absolute Gasteiger partial charge is 0.396 e. The van der Waals surface area contributed by atoms with Crippen molar-refractivity contribution in [3.8, 4) is 0 Å². The number of nitrogen functional groups attached to an aromatic ring is 1. The van der Waals surface area contributed by atoms with Crippen LogP contribution in [0, 0.1) is 11.8 Å². The van der Waals surface area contributed by atoms with Gasteiger partial charge < -0.3 is 11.1 Å². The van der Waals surface area contributed by atoms with E-state index in [-0.39, 0.29) is 16.4 Å². The Morgan fingerprint density at radius 3 is 2.57 bits per heavy atom. The van der Waals surface area contributed by atoms with Crippen LogP contribution < -0.4 is 11.1 Å². The van der Waals surface area contributed by atoms with E-state index in [9.17, 15) is 13.2 Å². The van der Waals surface area contributed by atoms with E-state index < -0.39 is 9.84 Å². The normalized spacial score (nSPS) is 22.4. The number of nitrogens with one attached hydrogen (secondary N) is 1. The minimum Gasteiger partial charge on any atom is -0.396 e. The molecule has 0 saturated heterocycles. The maximum absolute atomic E-state index is 11.9. The third kappa shape index (κ3) is 3.58. The molecule has 1 aliphatic carbocycles. The number of anilines is 2. The molecule has 0 aliphatic heterocycles. The van der Waals surface area contributed by atoms with E-state index >= 15 is 0 Å². The highest BCUT2D eigenvalue weighted by atomic mass is 32.2. The van der Waals surface area contributed by atoms with E-state index in [1.807, 2.05) is 0 Å². The fourth-order valence-electron chi connectivity index (χ4n) is 2.92. The molecular weight excluding hydrogens is 308 g/mol. The van der Waals surface area contributed by atoms with Gasteiger partial charge >= 0.3 is 0 Å². The van der Waals surface area contributed by atoms with Crippen LogP contribution in [-0.2, 0) is 9.84 Å². The smallest absolute Gasteiger partial charge is 0.180 e. The van der Waals surface area contributed by atoms with Gasteiger partial charge in [-0.15, -0.1) is 11.3 Å². The topological polar surface area (TPSA) is 89.3 Å². The predicted octanol–water partition coefficient (Wildman–Crippen LogP) is 2.78. The number of ketones is 1. The zero-order chi connectivity index (χ0) is 15.8. The highest BCUT2D eigenvalue weighted by Gasteiger charge is 2.27. The average Bonchev–Trinajstić information content (AvgIpc) is 2.89. The molecule has 1 aromatic rings. The van der Waals surface area contributed by atoms with Gasteiger partial charge in [0, 0.05) is 19.7 Å². The molecule has 1 aromatic heterocycles. The first kappa shape index (κ1) is 16.3. The molecule has 2 rings (SSSR count). The Balaban J connectivity index is 2.26. The summed E-state index contributed by atoms with van der Waals surface area (Å²) < 4.78 is 23.9. The molecule has 1 fully saturated rings. The number of hydrogen-bond donors (Lipinski definition) is 2. The molecule has 0 aromatic carbocycles. The number of carbonyl (C=O) groups is 1. The van der Waals surface area contributed by atoms with Crippen molar-refractivity contribution in [3.63, 3.8) is 0 Å². The van der Waals surface area contributed by atoms with Crippen LogP contribution in [0.3, 0.4) is 0 Å². The number of sulfone groups is 1. The van der Waals surface area contributed by atoms with E-state index in [2.05, 4.69) is 12.2 Å². The van der Waals surface area contributed by atoms with E-state index in [4.69, 9.17) is 5.73 Å². The van der Waals surface area contributed by atoms with Crippen molar-refractivity contribution < 1.29 is 13.2 Å². The van der Waals surface area contributed by atoms with E-state index in [1.54, 1.807) is 0 Å².